The molecule has 3 heteroatoms. The monoisotopic (exact) mass is 1070 g/mol. The average molecular weight is 1070 g/mol. The Morgan fingerprint density at radius 2 is 0.963 bits per heavy atom. The van der Waals surface area contributed by atoms with Gasteiger partial charge in [-0.2, -0.15) is 0 Å². The van der Waals surface area contributed by atoms with Crippen molar-refractivity contribution in [2.45, 2.75) is 117 Å². The normalized spacial score (nSPS) is 18.1. The van der Waals surface area contributed by atoms with Crippen molar-refractivity contribution in [1.82, 2.24) is 0 Å². The van der Waals surface area contributed by atoms with Gasteiger partial charge in [0.15, 0.2) is 5.75 Å². The maximum absolute atomic E-state index is 7.71. The van der Waals surface area contributed by atoms with E-state index in [1.807, 2.05) is 11.3 Å². The first-order valence-electron chi connectivity index (χ1n) is 29.4. The molecule has 400 valence electrons. The van der Waals surface area contributed by atoms with Crippen molar-refractivity contribution in [3.05, 3.63) is 261 Å². The number of ether oxygens (including phenoxy) is 1. The number of rotatable bonds is 3. The molecule has 0 bridgehead atoms. The Balaban J connectivity index is 1.05. The van der Waals surface area contributed by atoms with Crippen molar-refractivity contribution < 1.29 is 4.74 Å². The number of hydrogen-bond donors (Lipinski definition) is 0. The zero-order valence-corrected chi connectivity index (χ0v) is 49.8. The van der Waals surface area contributed by atoms with Crippen LogP contribution in [0.15, 0.2) is 200 Å². The lowest BCUT2D eigenvalue weighted by molar-refractivity contribution is 0.414. The molecule has 2 heterocycles. The van der Waals surface area contributed by atoms with Gasteiger partial charge in [0.05, 0.1) is 26.9 Å². The fraction of sp³-hybridized carbons (Fsp3) is 0.256. The molecular formula is C78H71NOS. The van der Waals surface area contributed by atoms with Gasteiger partial charge < -0.3 is 9.64 Å². The fourth-order valence-corrected chi connectivity index (χ4v) is 16.4. The van der Waals surface area contributed by atoms with Crippen molar-refractivity contribution in [1.29, 1.82) is 0 Å². The molecule has 2 nitrogen and oxygen atoms in total. The summed E-state index contributed by atoms with van der Waals surface area (Å²) in [5.74, 6) is 1.97. The summed E-state index contributed by atoms with van der Waals surface area (Å²) in [7, 11) is 0. The molecule has 0 radical (unpaired) electrons. The van der Waals surface area contributed by atoms with E-state index in [-0.39, 0.29) is 27.6 Å². The minimum Gasteiger partial charge on any atom is -0.454 e. The maximum Gasteiger partial charge on any atom is 0.156 e. The number of thiophene rings is 1. The smallest absolute Gasteiger partial charge is 0.156 e. The Bertz CT molecular complexity index is 4350. The number of benzene rings is 9. The van der Waals surface area contributed by atoms with Gasteiger partial charge in [-0.15, -0.1) is 11.3 Å². The van der Waals surface area contributed by atoms with Crippen molar-refractivity contribution in [2.75, 3.05) is 4.90 Å². The molecule has 2 atom stereocenters. The Morgan fingerprint density at radius 3 is 1.65 bits per heavy atom. The van der Waals surface area contributed by atoms with Crippen LogP contribution in [-0.4, -0.2) is 0 Å². The summed E-state index contributed by atoms with van der Waals surface area (Å²) in [4.78, 5) is 2.59. The summed E-state index contributed by atoms with van der Waals surface area (Å²) in [5.41, 5.74) is 24.7. The zero-order chi connectivity index (χ0) is 55.9. The van der Waals surface area contributed by atoms with Crippen LogP contribution >= 0.6 is 11.3 Å². The van der Waals surface area contributed by atoms with Gasteiger partial charge in [0.25, 0.3) is 0 Å². The molecule has 2 unspecified atom stereocenters. The second kappa shape index (κ2) is 16.9. The summed E-state index contributed by atoms with van der Waals surface area (Å²) in [6.45, 7) is 28.3. The fourth-order valence-electron chi connectivity index (χ4n) is 15.2. The van der Waals surface area contributed by atoms with Crippen LogP contribution in [0.1, 0.15) is 151 Å². The first-order valence-corrected chi connectivity index (χ1v) is 30.2. The molecule has 9 aromatic carbocycles. The number of nitrogens with zero attached hydrogens (tertiary/aromatic N) is 1. The third kappa shape index (κ3) is 6.97. The lowest BCUT2D eigenvalue weighted by Gasteiger charge is -2.42. The number of para-hydroxylation sites is 2. The molecule has 81 heavy (non-hydrogen) atoms. The lowest BCUT2D eigenvalue weighted by Crippen LogP contribution is -2.34. The number of allylic oxidation sites excluding steroid dienone is 4. The first kappa shape index (κ1) is 50.3. The van der Waals surface area contributed by atoms with E-state index in [1.54, 1.807) is 0 Å². The molecular weight excluding hydrogens is 999 g/mol. The van der Waals surface area contributed by atoms with Crippen molar-refractivity contribution in [3.63, 3.8) is 0 Å². The minimum absolute atomic E-state index is 0.0163. The summed E-state index contributed by atoms with van der Waals surface area (Å²) in [6.07, 6.45) is 5.93. The van der Waals surface area contributed by atoms with Crippen LogP contribution in [-0.2, 0) is 27.1 Å². The van der Waals surface area contributed by atoms with Crippen LogP contribution in [0, 0.1) is 11.3 Å². The summed E-state index contributed by atoms with van der Waals surface area (Å²) in [6, 6.07) is 70.8. The van der Waals surface area contributed by atoms with Crippen LogP contribution in [0.5, 0.6) is 11.5 Å². The van der Waals surface area contributed by atoms with E-state index in [2.05, 4.69) is 282 Å². The molecule has 2 spiro atoms. The van der Waals surface area contributed by atoms with E-state index in [1.165, 1.54) is 109 Å². The van der Waals surface area contributed by atoms with Gasteiger partial charge in [-0.3, -0.25) is 0 Å². The summed E-state index contributed by atoms with van der Waals surface area (Å²) in [5, 5.41) is 2.54. The quantitative estimate of drug-likeness (QED) is 0.175. The third-order valence-corrected chi connectivity index (χ3v) is 20.5. The molecule has 4 aliphatic carbocycles. The zero-order valence-electron chi connectivity index (χ0n) is 49.0. The molecule has 0 N–H and O–H groups in total. The van der Waals surface area contributed by atoms with Crippen LogP contribution in [0.3, 0.4) is 0 Å². The largest absolute Gasteiger partial charge is 0.454 e. The van der Waals surface area contributed by atoms with Gasteiger partial charge >= 0.3 is 0 Å². The second-order valence-electron chi connectivity index (χ2n) is 28.0. The Morgan fingerprint density at radius 1 is 0.432 bits per heavy atom. The Hall–Kier alpha value is -7.72. The highest BCUT2D eigenvalue weighted by atomic mass is 32.1. The molecule has 10 aromatic rings. The van der Waals surface area contributed by atoms with E-state index in [0.29, 0.717) is 0 Å². The predicted molar refractivity (Wildman–Crippen MR) is 343 cm³/mol. The maximum atomic E-state index is 7.71. The van der Waals surface area contributed by atoms with E-state index < -0.39 is 10.8 Å². The van der Waals surface area contributed by atoms with Gasteiger partial charge in [-0.1, -0.05) is 246 Å². The van der Waals surface area contributed by atoms with Gasteiger partial charge in [-0.05, 0) is 142 Å². The van der Waals surface area contributed by atoms with Crippen LogP contribution < -0.4 is 9.64 Å². The van der Waals surface area contributed by atoms with Crippen molar-refractivity contribution >= 4 is 54.1 Å². The van der Waals surface area contributed by atoms with Gasteiger partial charge in [-0.25, -0.2) is 0 Å². The van der Waals surface area contributed by atoms with E-state index in [4.69, 9.17) is 4.74 Å². The SMILES string of the molecule is CC(C)(C)C1=CC=C2c3ccc(C(C)(C)C)cc3C3(c4ccccc4-c4ccc(N(c5cccc6c5Oc5ccccc5C65c6cc(C(C)(C)C)ccc6-c6ccc(C(C)(C)C)cc65)c5cccc6c5sc5ccccc56)cc43)C2C1. The highest BCUT2D eigenvalue weighted by Crippen LogP contribution is 2.69. The number of hydrogen-bond acceptors (Lipinski definition) is 3. The van der Waals surface area contributed by atoms with E-state index >= 15 is 0 Å². The van der Waals surface area contributed by atoms with Gasteiger partial charge in [0.2, 0.25) is 0 Å². The number of fused-ring (bicyclic) bond motifs is 22. The average Bonchev–Trinajstić information content (AvgIpc) is 2.24. The Kier molecular flexibility index (Phi) is 10.5. The standard InChI is InChI=1S/C78H71NOS/c1-73(2,3)46-31-36-52-53-37-32-47(74(4,5)6)42-63(53)77(62(52)41-46)59-24-15-13-21-51(59)56-40-35-50(45-66(56)77)79(68-28-19-23-58-57-22-14-18-30-70(57)81-72(58)68)67-27-20-26-61-71(67)80-69-29-17-16-25-60(69)78(61)64-43-48(75(7,8)9)33-38-54(64)55-39-34-49(44-65(55)78)76(10,11)12/h13-41,43-45,63H,42H2,1-12H3. The molecule has 0 saturated carbocycles. The summed E-state index contributed by atoms with van der Waals surface area (Å²) >= 11 is 1.89. The molecule has 15 rings (SSSR count). The van der Waals surface area contributed by atoms with E-state index in [0.717, 1.165) is 40.5 Å². The molecule has 1 aromatic heterocycles. The first-order chi connectivity index (χ1) is 38.7. The molecule has 0 amide bonds. The van der Waals surface area contributed by atoms with Gasteiger partial charge in [0.1, 0.15) is 5.75 Å². The van der Waals surface area contributed by atoms with Crippen LogP contribution in [0.2, 0.25) is 0 Å². The highest BCUT2D eigenvalue weighted by Gasteiger charge is 2.58. The molecule has 0 fully saturated rings. The van der Waals surface area contributed by atoms with Crippen molar-refractivity contribution in [2.24, 2.45) is 11.3 Å². The number of anilines is 3. The molecule has 1 aliphatic heterocycles. The lowest BCUT2D eigenvalue weighted by atomic mass is 9.62. The van der Waals surface area contributed by atoms with Crippen molar-refractivity contribution in [3.8, 4) is 33.8 Å². The molecule has 5 aliphatic rings. The highest BCUT2D eigenvalue weighted by molar-refractivity contribution is 7.26. The van der Waals surface area contributed by atoms with E-state index in [9.17, 15) is 0 Å². The van der Waals surface area contributed by atoms with Crippen LogP contribution in [0.4, 0.5) is 17.1 Å². The second-order valence-corrected chi connectivity index (χ2v) is 29.1. The van der Waals surface area contributed by atoms with Gasteiger partial charge in [0, 0.05) is 38.2 Å². The third-order valence-electron chi connectivity index (χ3n) is 19.3. The Labute approximate surface area is 483 Å². The minimum atomic E-state index is -0.688. The molecule has 0 saturated heterocycles. The topological polar surface area (TPSA) is 12.5 Å². The van der Waals surface area contributed by atoms with Crippen LogP contribution in [0.25, 0.3) is 48.0 Å². The predicted octanol–water partition coefficient (Wildman–Crippen LogP) is 21.6. The summed E-state index contributed by atoms with van der Waals surface area (Å²) < 4.78 is 10.2.